The van der Waals surface area contributed by atoms with Crippen molar-refractivity contribution in [3.05, 3.63) is 0 Å². The Morgan fingerprint density at radius 1 is 0.632 bits per heavy atom. The molecule has 2 heteroatoms. The van der Waals surface area contributed by atoms with Gasteiger partial charge in [-0.05, 0) is 25.8 Å². The van der Waals surface area contributed by atoms with Crippen LogP contribution in [0.25, 0.3) is 0 Å². The molecular formula is C17H38N2. The van der Waals surface area contributed by atoms with Gasteiger partial charge in [0.15, 0.2) is 0 Å². The Morgan fingerprint density at radius 2 is 1.05 bits per heavy atom. The molecule has 0 rings (SSSR count). The standard InChI is InChI=1S/C17H38N2/c1-2-3-4-5-6-8-11-14-17(19)15-12-9-7-10-13-16-18/h17H,2-16,18-19H2,1H3. The van der Waals surface area contributed by atoms with Crippen LogP contribution in [0.3, 0.4) is 0 Å². The molecule has 0 aromatic rings. The predicted molar refractivity (Wildman–Crippen MR) is 87.3 cm³/mol. The third-order valence-corrected chi connectivity index (χ3v) is 3.96. The highest BCUT2D eigenvalue weighted by Crippen LogP contribution is 2.12. The van der Waals surface area contributed by atoms with Gasteiger partial charge in [-0.3, -0.25) is 0 Å². The number of hydrogen-bond donors (Lipinski definition) is 2. The molecule has 0 aromatic carbocycles. The van der Waals surface area contributed by atoms with Gasteiger partial charge in [0, 0.05) is 6.04 Å². The van der Waals surface area contributed by atoms with E-state index in [-0.39, 0.29) is 0 Å². The Labute approximate surface area is 121 Å². The van der Waals surface area contributed by atoms with Crippen LogP contribution in [0.2, 0.25) is 0 Å². The molecule has 0 aromatic heterocycles. The lowest BCUT2D eigenvalue weighted by Crippen LogP contribution is -2.19. The zero-order chi connectivity index (χ0) is 14.2. The van der Waals surface area contributed by atoms with Crippen molar-refractivity contribution < 1.29 is 0 Å². The molecule has 1 unspecified atom stereocenters. The second kappa shape index (κ2) is 16.0. The monoisotopic (exact) mass is 270 g/mol. The summed E-state index contributed by atoms with van der Waals surface area (Å²) in [5.41, 5.74) is 11.6. The minimum absolute atomic E-state index is 0.449. The van der Waals surface area contributed by atoms with Crippen molar-refractivity contribution in [2.24, 2.45) is 11.5 Å². The fraction of sp³-hybridized carbons (Fsp3) is 1.00. The minimum Gasteiger partial charge on any atom is -0.330 e. The molecule has 0 bridgehead atoms. The molecule has 0 saturated carbocycles. The van der Waals surface area contributed by atoms with Crippen LogP contribution in [0, 0.1) is 0 Å². The van der Waals surface area contributed by atoms with Crippen LogP contribution >= 0.6 is 0 Å². The Hall–Kier alpha value is -0.0800. The predicted octanol–water partition coefficient (Wildman–Crippen LogP) is 4.75. The maximum atomic E-state index is 6.16. The molecule has 0 saturated heterocycles. The molecule has 1 atom stereocenters. The van der Waals surface area contributed by atoms with E-state index in [0.717, 1.165) is 6.54 Å². The summed E-state index contributed by atoms with van der Waals surface area (Å²) >= 11 is 0. The summed E-state index contributed by atoms with van der Waals surface area (Å²) in [6.07, 6.45) is 18.6. The van der Waals surface area contributed by atoms with Gasteiger partial charge < -0.3 is 11.5 Å². The zero-order valence-electron chi connectivity index (χ0n) is 13.3. The molecule has 0 aliphatic heterocycles. The van der Waals surface area contributed by atoms with E-state index in [1.54, 1.807) is 0 Å². The quantitative estimate of drug-likeness (QED) is 0.422. The Morgan fingerprint density at radius 3 is 1.53 bits per heavy atom. The van der Waals surface area contributed by atoms with Gasteiger partial charge in [0.2, 0.25) is 0 Å². The Bertz CT molecular complexity index is 159. The average Bonchev–Trinajstić information content (AvgIpc) is 2.41. The molecule has 0 aliphatic carbocycles. The second-order valence-electron chi connectivity index (χ2n) is 6.02. The fourth-order valence-corrected chi connectivity index (χ4v) is 2.59. The van der Waals surface area contributed by atoms with Gasteiger partial charge in [-0.25, -0.2) is 0 Å². The van der Waals surface area contributed by atoms with Crippen LogP contribution in [0.5, 0.6) is 0 Å². The van der Waals surface area contributed by atoms with E-state index in [9.17, 15) is 0 Å². The first-order valence-corrected chi connectivity index (χ1v) is 8.77. The van der Waals surface area contributed by atoms with E-state index >= 15 is 0 Å². The number of nitrogens with two attached hydrogens (primary N) is 2. The van der Waals surface area contributed by atoms with Gasteiger partial charge in [0.05, 0.1) is 0 Å². The van der Waals surface area contributed by atoms with E-state index < -0.39 is 0 Å². The lowest BCUT2D eigenvalue weighted by molar-refractivity contribution is 0.483. The topological polar surface area (TPSA) is 52.0 Å². The molecule has 0 heterocycles. The smallest absolute Gasteiger partial charge is 0.00388 e. The highest BCUT2D eigenvalue weighted by molar-refractivity contribution is 4.62. The molecule has 0 aliphatic rings. The lowest BCUT2D eigenvalue weighted by atomic mass is 10.0. The van der Waals surface area contributed by atoms with Gasteiger partial charge in [-0.15, -0.1) is 0 Å². The molecule has 0 spiro atoms. The van der Waals surface area contributed by atoms with Crippen LogP contribution in [0.4, 0.5) is 0 Å². The first-order valence-electron chi connectivity index (χ1n) is 8.77. The number of rotatable bonds is 15. The summed E-state index contributed by atoms with van der Waals surface area (Å²) in [6, 6.07) is 0.449. The summed E-state index contributed by atoms with van der Waals surface area (Å²) in [5.74, 6) is 0. The van der Waals surface area contributed by atoms with E-state index in [0.29, 0.717) is 6.04 Å². The van der Waals surface area contributed by atoms with E-state index in [4.69, 9.17) is 11.5 Å². The van der Waals surface area contributed by atoms with Crippen molar-refractivity contribution in [3.63, 3.8) is 0 Å². The molecule has 116 valence electrons. The maximum Gasteiger partial charge on any atom is 0.00388 e. The van der Waals surface area contributed by atoms with Crippen LogP contribution in [-0.2, 0) is 0 Å². The largest absolute Gasteiger partial charge is 0.330 e. The highest BCUT2D eigenvalue weighted by atomic mass is 14.6. The van der Waals surface area contributed by atoms with Crippen molar-refractivity contribution >= 4 is 0 Å². The van der Waals surface area contributed by atoms with Crippen LogP contribution in [0.15, 0.2) is 0 Å². The lowest BCUT2D eigenvalue weighted by Gasteiger charge is -2.11. The van der Waals surface area contributed by atoms with E-state index in [1.165, 1.54) is 89.9 Å². The van der Waals surface area contributed by atoms with Crippen LogP contribution < -0.4 is 11.5 Å². The summed E-state index contributed by atoms with van der Waals surface area (Å²) in [4.78, 5) is 0. The summed E-state index contributed by atoms with van der Waals surface area (Å²) in [7, 11) is 0. The summed E-state index contributed by atoms with van der Waals surface area (Å²) in [5, 5.41) is 0. The van der Waals surface area contributed by atoms with E-state index in [2.05, 4.69) is 6.92 Å². The van der Waals surface area contributed by atoms with Crippen molar-refractivity contribution in [2.75, 3.05) is 6.54 Å². The fourth-order valence-electron chi connectivity index (χ4n) is 2.59. The third-order valence-electron chi connectivity index (χ3n) is 3.96. The van der Waals surface area contributed by atoms with E-state index in [1.807, 2.05) is 0 Å². The first-order chi connectivity index (χ1) is 9.31. The van der Waals surface area contributed by atoms with Crippen LogP contribution in [0.1, 0.15) is 96.8 Å². The van der Waals surface area contributed by atoms with Crippen LogP contribution in [-0.4, -0.2) is 12.6 Å². The van der Waals surface area contributed by atoms with Gasteiger partial charge in [0.25, 0.3) is 0 Å². The van der Waals surface area contributed by atoms with Gasteiger partial charge in [-0.1, -0.05) is 77.6 Å². The molecule has 4 N–H and O–H groups in total. The van der Waals surface area contributed by atoms with Gasteiger partial charge >= 0.3 is 0 Å². The molecule has 0 amide bonds. The zero-order valence-corrected chi connectivity index (χ0v) is 13.3. The second-order valence-corrected chi connectivity index (χ2v) is 6.02. The van der Waals surface area contributed by atoms with Crippen molar-refractivity contribution in [3.8, 4) is 0 Å². The molecule has 19 heavy (non-hydrogen) atoms. The third kappa shape index (κ3) is 15.9. The highest BCUT2D eigenvalue weighted by Gasteiger charge is 2.02. The Kier molecular flexibility index (Phi) is 15.9. The molecule has 0 fully saturated rings. The molecule has 2 nitrogen and oxygen atoms in total. The average molecular weight is 271 g/mol. The Balaban J connectivity index is 3.10. The minimum atomic E-state index is 0.449. The van der Waals surface area contributed by atoms with Crippen molar-refractivity contribution in [1.82, 2.24) is 0 Å². The molecular weight excluding hydrogens is 232 g/mol. The SMILES string of the molecule is CCCCCCCCCC(N)CCCCCCCN. The first kappa shape index (κ1) is 18.9. The number of unbranched alkanes of at least 4 members (excludes halogenated alkanes) is 10. The number of hydrogen-bond acceptors (Lipinski definition) is 2. The van der Waals surface area contributed by atoms with Crippen molar-refractivity contribution in [2.45, 2.75) is 103 Å². The van der Waals surface area contributed by atoms with Crippen molar-refractivity contribution in [1.29, 1.82) is 0 Å². The van der Waals surface area contributed by atoms with Gasteiger partial charge in [0.1, 0.15) is 0 Å². The maximum absolute atomic E-state index is 6.16. The van der Waals surface area contributed by atoms with Gasteiger partial charge in [-0.2, -0.15) is 0 Å². The summed E-state index contributed by atoms with van der Waals surface area (Å²) in [6.45, 7) is 3.12. The normalized spacial score (nSPS) is 12.8. The molecule has 0 radical (unpaired) electrons. The summed E-state index contributed by atoms with van der Waals surface area (Å²) < 4.78 is 0.